The van der Waals surface area contributed by atoms with E-state index in [1.807, 2.05) is 0 Å². The van der Waals surface area contributed by atoms with Gasteiger partial charge >= 0.3 is 0 Å². The van der Waals surface area contributed by atoms with Gasteiger partial charge < -0.3 is 5.32 Å². The summed E-state index contributed by atoms with van der Waals surface area (Å²) in [7, 11) is -3.46. The molecule has 1 aromatic carbocycles. The molecular formula is C12H15ClN2O2S. The first-order valence-electron chi connectivity index (χ1n) is 6.08. The zero-order valence-corrected chi connectivity index (χ0v) is 11.4. The van der Waals surface area contributed by atoms with Gasteiger partial charge in [-0.05, 0) is 31.0 Å². The molecule has 1 N–H and O–H groups in total. The highest BCUT2D eigenvalue weighted by Crippen LogP contribution is 2.34. The van der Waals surface area contributed by atoms with Crippen molar-refractivity contribution in [2.75, 3.05) is 19.6 Å². The molecule has 2 aliphatic heterocycles. The molecule has 0 bridgehead atoms. The molecule has 0 unspecified atom stereocenters. The highest BCUT2D eigenvalue weighted by Gasteiger charge is 2.44. The van der Waals surface area contributed by atoms with E-state index in [1.54, 1.807) is 28.6 Å². The van der Waals surface area contributed by atoms with Crippen LogP contribution in [0.15, 0.2) is 29.2 Å². The number of halogens is 1. The van der Waals surface area contributed by atoms with E-state index in [1.165, 1.54) is 0 Å². The average Bonchev–Trinajstić information content (AvgIpc) is 2.90. The van der Waals surface area contributed by atoms with Gasteiger partial charge in [0.15, 0.2) is 0 Å². The van der Waals surface area contributed by atoms with Crippen molar-refractivity contribution < 1.29 is 8.42 Å². The molecule has 2 fully saturated rings. The van der Waals surface area contributed by atoms with E-state index in [4.69, 9.17) is 11.6 Å². The van der Waals surface area contributed by atoms with Crippen molar-refractivity contribution in [3.05, 3.63) is 29.3 Å². The Hall–Kier alpha value is -0.620. The lowest BCUT2D eigenvalue weighted by Gasteiger charge is -2.23. The first kappa shape index (κ1) is 12.4. The summed E-state index contributed by atoms with van der Waals surface area (Å²) in [5, 5.41) is 3.55. The fourth-order valence-corrected chi connectivity index (χ4v) is 5.08. The van der Waals surface area contributed by atoms with Gasteiger partial charge in [0, 0.05) is 19.1 Å². The van der Waals surface area contributed by atoms with Crippen LogP contribution in [0.5, 0.6) is 0 Å². The number of benzene rings is 1. The molecular weight excluding hydrogens is 272 g/mol. The molecule has 0 saturated carbocycles. The molecule has 98 valence electrons. The van der Waals surface area contributed by atoms with E-state index in [-0.39, 0.29) is 10.9 Å². The lowest BCUT2D eigenvalue weighted by molar-refractivity contribution is 0.383. The Labute approximate surface area is 112 Å². The van der Waals surface area contributed by atoms with E-state index in [0.717, 1.165) is 19.5 Å². The molecule has 4 nitrogen and oxygen atoms in total. The van der Waals surface area contributed by atoms with Crippen molar-refractivity contribution >= 4 is 21.6 Å². The van der Waals surface area contributed by atoms with Crippen molar-refractivity contribution in [2.45, 2.75) is 17.4 Å². The van der Waals surface area contributed by atoms with Gasteiger partial charge in [-0.25, -0.2) is 8.42 Å². The van der Waals surface area contributed by atoms with E-state index in [2.05, 4.69) is 5.32 Å². The summed E-state index contributed by atoms with van der Waals surface area (Å²) >= 11 is 6.01. The molecule has 2 heterocycles. The van der Waals surface area contributed by atoms with Gasteiger partial charge in [-0.2, -0.15) is 4.31 Å². The Balaban J connectivity index is 1.98. The number of hydrogen-bond donors (Lipinski definition) is 1. The van der Waals surface area contributed by atoms with E-state index in [0.29, 0.717) is 17.5 Å². The zero-order chi connectivity index (χ0) is 12.8. The summed E-state index contributed by atoms with van der Waals surface area (Å²) in [6.07, 6.45) is 0.932. The van der Waals surface area contributed by atoms with Crippen LogP contribution < -0.4 is 5.32 Å². The predicted molar refractivity (Wildman–Crippen MR) is 70.1 cm³/mol. The zero-order valence-electron chi connectivity index (χ0n) is 9.84. The van der Waals surface area contributed by atoms with Gasteiger partial charge in [-0.15, -0.1) is 0 Å². The molecule has 2 aliphatic rings. The fraction of sp³-hybridized carbons (Fsp3) is 0.500. The van der Waals surface area contributed by atoms with Gasteiger partial charge in [0.1, 0.15) is 4.90 Å². The maximum atomic E-state index is 12.6. The van der Waals surface area contributed by atoms with Crippen molar-refractivity contribution in [2.24, 2.45) is 5.92 Å². The summed E-state index contributed by atoms with van der Waals surface area (Å²) in [5.41, 5.74) is 0. The van der Waals surface area contributed by atoms with E-state index < -0.39 is 10.0 Å². The molecule has 6 heteroatoms. The summed E-state index contributed by atoms with van der Waals surface area (Å²) < 4.78 is 26.8. The molecule has 1 aromatic rings. The first-order valence-corrected chi connectivity index (χ1v) is 7.89. The second-order valence-corrected chi connectivity index (χ2v) is 7.09. The second-order valence-electron chi connectivity index (χ2n) is 4.82. The molecule has 0 aromatic heterocycles. The Morgan fingerprint density at radius 3 is 2.83 bits per heavy atom. The van der Waals surface area contributed by atoms with Crippen LogP contribution >= 0.6 is 11.6 Å². The topological polar surface area (TPSA) is 49.4 Å². The van der Waals surface area contributed by atoms with Crippen LogP contribution in [0, 0.1) is 5.92 Å². The van der Waals surface area contributed by atoms with Crippen LogP contribution in [0.2, 0.25) is 5.02 Å². The third-order valence-electron chi connectivity index (χ3n) is 3.82. The summed E-state index contributed by atoms with van der Waals surface area (Å²) in [6.45, 7) is 2.26. The highest BCUT2D eigenvalue weighted by molar-refractivity contribution is 7.89. The quantitative estimate of drug-likeness (QED) is 0.892. The Morgan fingerprint density at radius 2 is 2.06 bits per heavy atom. The highest BCUT2D eigenvalue weighted by atomic mass is 35.5. The van der Waals surface area contributed by atoms with Gasteiger partial charge in [0.05, 0.1) is 5.02 Å². The number of rotatable bonds is 2. The van der Waals surface area contributed by atoms with Crippen molar-refractivity contribution in [3.8, 4) is 0 Å². The molecule has 0 radical (unpaired) electrons. The average molecular weight is 287 g/mol. The molecule has 2 saturated heterocycles. The minimum absolute atomic E-state index is 0.0891. The number of fused-ring (bicyclic) bond motifs is 1. The smallest absolute Gasteiger partial charge is 0.244 e. The molecule has 0 aliphatic carbocycles. The fourth-order valence-electron chi connectivity index (χ4n) is 2.89. The summed E-state index contributed by atoms with van der Waals surface area (Å²) in [5.74, 6) is 0.447. The van der Waals surface area contributed by atoms with Crippen LogP contribution in [0.3, 0.4) is 0 Å². The Kier molecular flexibility index (Phi) is 3.10. The second kappa shape index (κ2) is 4.49. The number of nitrogens with one attached hydrogen (secondary N) is 1. The SMILES string of the molecule is O=S(=O)(c1ccccc1Cl)N1CC[C@H]2CNC[C@H]21. The van der Waals surface area contributed by atoms with Crippen LogP contribution in [0.1, 0.15) is 6.42 Å². The van der Waals surface area contributed by atoms with Crippen LogP contribution in [-0.4, -0.2) is 38.4 Å². The largest absolute Gasteiger partial charge is 0.315 e. The lowest BCUT2D eigenvalue weighted by Crippen LogP contribution is -2.39. The first-order chi connectivity index (χ1) is 8.60. The van der Waals surface area contributed by atoms with Gasteiger partial charge in [0.2, 0.25) is 10.0 Å². The minimum Gasteiger partial charge on any atom is -0.315 e. The Bertz CT molecular complexity index is 561. The third kappa shape index (κ3) is 1.86. The van der Waals surface area contributed by atoms with E-state index >= 15 is 0 Å². The summed E-state index contributed by atoms with van der Waals surface area (Å²) in [6, 6.07) is 6.73. The molecule has 0 amide bonds. The maximum absolute atomic E-state index is 12.6. The van der Waals surface area contributed by atoms with Gasteiger partial charge in [0.25, 0.3) is 0 Å². The standard InChI is InChI=1S/C12H15ClN2O2S/c13-10-3-1-2-4-12(10)18(16,17)15-6-5-9-7-14-8-11(9)15/h1-4,9,11,14H,5-8H2/t9-,11+/m0/s1. The van der Waals surface area contributed by atoms with Crippen LogP contribution in [0.4, 0.5) is 0 Å². The maximum Gasteiger partial charge on any atom is 0.244 e. The van der Waals surface area contributed by atoms with Crippen LogP contribution in [0.25, 0.3) is 0 Å². The number of sulfonamides is 1. The van der Waals surface area contributed by atoms with Crippen molar-refractivity contribution in [1.82, 2.24) is 9.62 Å². The molecule has 18 heavy (non-hydrogen) atoms. The van der Waals surface area contributed by atoms with Crippen molar-refractivity contribution in [1.29, 1.82) is 0 Å². The number of hydrogen-bond acceptors (Lipinski definition) is 3. The van der Waals surface area contributed by atoms with Crippen molar-refractivity contribution in [3.63, 3.8) is 0 Å². The van der Waals surface area contributed by atoms with Crippen LogP contribution in [-0.2, 0) is 10.0 Å². The molecule has 3 rings (SSSR count). The summed E-state index contributed by atoms with van der Waals surface area (Å²) in [4.78, 5) is 0.221. The molecule has 2 atom stereocenters. The number of nitrogens with zero attached hydrogens (tertiary/aromatic N) is 1. The predicted octanol–water partition coefficient (Wildman–Crippen LogP) is 1.32. The minimum atomic E-state index is -3.46. The Morgan fingerprint density at radius 1 is 1.28 bits per heavy atom. The normalized spacial score (nSPS) is 28.5. The molecule has 0 spiro atoms. The van der Waals surface area contributed by atoms with E-state index in [9.17, 15) is 8.42 Å². The van der Waals surface area contributed by atoms with Gasteiger partial charge in [-0.3, -0.25) is 0 Å². The third-order valence-corrected chi connectivity index (χ3v) is 6.24. The van der Waals surface area contributed by atoms with Gasteiger partial charge in [-0.1, -0.05) is 23.7 Å². The monoisotopic (exact) mass is 286 g/mol. The lowest BCUT2D eigenvalue weighted by atomic mass is 10.1.